The summed E-state index contributed by atoms with van der Waals surface area (Å²) in [4.78, 5) is 18.5. The zero-order valence-corrected chi connectivity index (χ0v) is 14.3. The predicted molar refractivity (Wildman–Crippen MR) is 93.1 cm³/mol. The fraction of sp³-hybridized carbons (Fsp3) is 0.444. The van der Waals surface area contributed by atoms with Gasteiger partial charge in [-0.2, -0.15) is 0 Å². The van der Waals surface area contributed by atoms with Crippen molar-refractivity contribution in [2.45, 2.75) is 38.6 Å². The number of benzene rings is 1. The molecule has 1 saturated carbocycles. The van der Waals surface area contributed by atoms with Crippen molar-refractivity contribution in [2.24, 2.45) is 0 Å². The van der Waals surface area contributed by atoms with Crippen LogP contribution in [0, 0.1) is 6.92 Å². The molecule has 1 aromatic carbocycles. The Kier molecular flexibility index (Phi) is 3.48. The maximum Gasteiger partial charge on any atom is 0.253 e. The lowest BCUT2D eigenvalue weighted by atomic mass is 10.1. The zero-order valence-electron chi connectivity index (χ0n) is 14.3. The number of rotatable bonds is 2. The van der Waals surface area contributed by atoms with Gasteiger partial charge in [0.15, 0.2) is 0 Å². The number of carbonyl (C=O) groups excluding carboxylic acids is 1. The van der Waals surface area contributed by atoms with Crippen LogP contribution >= 0.6 is 0 Å². The molecule has 0 unspecified atom stereocenters. The Balaban J connectivity index is 2.00. The lowest BCUT2D eigenvalue weighted by Crippen LogP contribution is -2.21. The van der Waals surface area contributed by atoms with Gasteiger partial charge in [0, 0.05) is 31.1 Å². The highest BCUT2D eigenvalue weighted by molar-refractivity contribution is 6.05. The van der Waals surface area contributed by atoms with Gasteiger partial charge in [0.2, 0.25) is 5.65 Å². The van der Waals surface area contributed by atoms with E-state index in [2.05, 4.69) is 19.7 Å². The maximum atomic E-state index is 12.3. The molecule has 1 fully saturated rings. The van der Waals surface area contributed by atoms with Crippen molar-refractivity contribution in [3.05, 3.63) is 29.6 Å². The van der Waals surface area contributed by atoms with Crippen molar-refractivity contribution in [1.29, 1.82) is 0 Å². The second kappa shape index (κ2) is 5.54. The smallest absolute Gasteiger partial charge is 0.253 e. The van der Waals surface area contributed by atoms with Crippen molar-refractivity contribution >= 4 is 28.0 Å². The number of aryl methyl sites for hydroxylation is 1. The first-order valence-electron chi connectivity index (χ1n) is 8.43. The van der Waals surface area contributed by atoms with E-state index in [1.54, 1.807) is 19.0 Å². The van der Waals surface area contributed by atoms with Crippen LogP contribution in [0.4, 0.5) is 0 Å². The van der Waals surface area contributed by atoms with Crippen molar-refractivity contribution in [3.8, 4) is 0 Å². The molecule has 6 heteroatoms. The fourth-order valence-electron chi connectivity index (χ4n) is 3.76. The largest absolute Gasteiger partial charge is 0.345 e. The molecule has 0 N–H and O–H groups in total. The minimum Gasteiger partial charge on any atom is -0.345 e. The van der Waals surface area contributed by atoms with Gasteiger partial charge in [-0.25, -0.2) is 4.98 Å². The number of amides is 1. The third-order valence-electron chi connectivity index (χ3n) is 4.92. The van der Waals surface area contributed by atoms with Crippen LogP contribution in [-0.2, 0) is 0 Å². The molecule has 0 radical (unpaired) electrons. The molecule has 1 aliphatic rings. The van der Waals surface area contributed by atoms with Gasteiger partial charge in [-0.15, -0.1) is 10.2 Å². The number of hydrogen-bond donors (Lipinski definition) is 0. The van der Waals surface area contributed by atoms with Crippen LogP contribution in [0.2, 0.25) is 0 Å². The lowest BCUT2D eigenvalue weighted by molar-refractivity contribution is 0.0828. The van der Waals surface area contributed by atoms with Gasteiger partial charge in [-0.05, 0) is 38.0 Å². The first-order valence-corrected chi connectivity index (χ1v) is 8.43. The maximum absolute atomic E-state index is 12.3. The van der Waals surface area contributed by atoms with Gasteiger partial charge in [0.25, 0.3) is 5.91 Å². The number of carbonyl (C=O) groups is 1. The van der Waals surface area contributed by atoms with E-state index in [0.29, 0.717) is 17.3 Å². The van der Waals surface area contributed by atoms with E-state index >= 15 is 0 Å². The second-order valence-electron chi connectivity index (χ2n) is 6.77. The van der Waals surface area contributed by atoms with E-state index in [0.717, 1.165) is 22.2 Å². The van der Waals surface area contributed by atoms with Gasteiger partial charge in [-0.1, -0.05) is 12.8 Å². The van der Waals surface area contributed by atoms with E-state index in [9.17, 15) is 4.79 Å². The van der Waals surface area contributed by atoms with Gasteiger partial charge in [0.05, 0.1) is 11.0 Å². The summed E-state index contributed by atoms with van der Waals surface area (Å²) in [7, 11) is 3.53. The summed E-state index contributed by atoms with van der Waals surface area (Å²) < 4.78 is 2.31. The highest BCUT2D eigenvalue weighted by Gasteiger charge is 2.23. The molecule has 1 aliphatic carbocycles. The highest BCUT2D eigenvalue weighted by Crippen LogP contribution is 2.35. The Hall–Kier alpha value is -2.50. The van der Waals surface area contributed by atoms with E-state index < -0.39 is 0 Å². The molecule has 2 aromatic heterocycles. The molecule has 124 valence electrons. The number of fused-ring (bicyclic) bond motifs is 3. The Morgan fingerprint density at radius 1 is 1.21 bits per heavy atom. The average molecular weight is 323 g/mol. The Labute approximate surface area is 140 Å². The highest BCUT2D eigenvalue weighted by atomic mass is 16.2. The van der Waals surface area contributed by atoms with Crippen LogP contribution in [0.3, 0.4) is 0 Å². The minimum atomic E-state index is -0.00878. The van der Waals surface area contributed by atoms with E-state index in [1.165, 1.54) is 25.7 Å². The normalized spacial score (nSPS) is 15.5. The van der Waals surface area contributed by atoms with Gasteiger partial charge in [0.1, 0.15) is 5.82 Å². The number of imidazole rings is 1. The summed E-state index contributed by atoms with van der Waals surface area (Å²) in [6.45, 7) is 2.03. The standard InChI is InChI=1S/C18H21N5O/c1-11-19-17-16(23(11)13-6-4-5-7-13)14-10-12(18(24)22(2)3)8-9-15(14)20-21-17/h8-10,13H,4-7H2,1-3H3. The molecule has 3 aromatic rings. The summed E-state index contributed by atoms with van der Waals surface area (Å²) >= 11 is 0. The molecule has 1 amide bonds. The van der Waals surface area contributed by atoms with Crippen molar-refractivity contribution in [3.63, 3.8) is 0 Å². The van der Waals surface area contributed by atoms with Gasteiger partial charge >= 0.3 is 0 Å². The lowest BCUT2D eigenvalue weighted by Gasteiger charge is -2.16. The SMILES string of the molecule is Cc1nc2nnc3ccc(C(=O)N(C)C)cc3c2n1C1CCCC1. The minimum absolute atomic E-state index is 0.00878. The monoisotopic (exact) mass is 323 g/mol. The Morgan fingerprint density at radius 2 is 1.96 bits per heavy atom. The molecule has 2 heterocycles. The summed E-state index contributed by atoms with van der Waals surface area (Å²) in [5.41, 5.74) is 3.15. The average Bonchev–Trinajstić information content (AvgIpc) is 3.19. The summed E-state index contributed by atoms with van der Waals surface area (Å²) in [6.07, 6.45) is 4.86. The molecule has 0 saturated heterocycles. The van der Waals surface area contributed by atoms with Crippen LogP contribution in [0.15, 0.2) is 18.2 Å². The first-order chi connectivity index (χ1) is 11.6. The van der Waals surface area contributed by atoms with Crippen molar-refractivity contribution < 1.29 is 4.79 Å². The molecule has 6 nitrogen and oxygen atoms in total. The molecule has 0 spiro atoms. The second-order valence-corrected chi connectivity index (χ2v) is 6.77. The summed E-state index contributed by atoms with van der Waals surface area (Å²) in [5, 5.41) is 9.54. The molecular weight excluding hydrogens is 302 g/mol. The number of nitrogens with zero attached hydrogens (tertiary/aromatic N) is 5. The molecule has 4 rings (SSSR count). The number of aromatic nitrogens is 4. The third kappa shape index (κ3) is 2.25. The molecule has 0 atom stereocenters. The fourth-order valence-corrected chi connectivity index (χ4v) is 3.76. The van der Waals surface area contributed by atoms with Crippen LogP contribution in [0.5, 0.6) is 0 Å². The van der Waals surface area contributed by atoms with E-state index in [4.69, 9.17) is 0 Å². The zero-order chi connectivity index (χ0) is 16.8. The summed E-state index contributed by atoms with van der Waals surface area (Å²) in [6, 6.07) is 6.09. The quantitative estimate of drug-likeness (QED) is 0.727. The molecule has 0 aliphatic heterocycles. The van der Waals surface area contributed by atoms with E-state index in [1.807, 2.05) is 25.1 Å². The topological polar surface area (TPSA) is 63.9 Å². The van der Waals surface area contributed by atoms with Crippen LogP contribution in [0.1, 0.15) is 47.9 Å². The van der Waals surface area contributed by atoms with Gasteiger partial charge < -0.3 is 9.47 Å². The van der Waals surface area contributed by atoms with Crippen molar-refractivity contribution in [2.75, 3.05) is 14.1 Å². The van der Waals surface area contributed by atoms with Crippen LogP contribution < -0.4 is 0 Å². The first kappa shape index (κ1) is 15.1. The summed E-state index contributed by atoms with van der Waals surface area (Å²) in [5.74, 6) is 0.966. The van der Waals surface area contributed by atoms with Crippen LogP contribution in [-0.4, -0.2) is 44.7 Å². The van der Waals surface area contributed by atoms with Gasteiger partial charge in [-0.3, -0.25) is 4.79 Å². The molecule has 24 heavy (non-hydrogen) atoms. The molecule has 0 bridgehead atoms. The Morgan fingerprint density at radius 3 is 2.67 bits per heavy atom. The third-order valence-corrected chi connectivity index (χ3v) is 4.92. The predicted octanol–water partition coefficient (Wildman–Crippen LogP) is 3.10. The van der Waals surface area contributed by atoms with Crippen LogP contribution in [0.25, 0.3) is 22.1 Å². The van der Waals surface area contributed by atoms with E-state index in [-0.39, 0.29) is 5.91 Å². The Bertz CT molecular complexity index is 937. The molecular formula is C18H21N5O. The van der Waals surface area contributed by atoms with Crippen molar-refractivity contribution in [1.82, 2.24) is 24.6 Å². The number of hydrogen-bond acceptors (Lipinski definition) is 4.